The molecule has 2 aromatic heterocycles. The van der Waals surface area contributed by atoms with Gasteiger partial charge in [-0.05, 0) is 13.0 Å². The predicted octanol–water partition coefficient (Wildman–Crippen LogP) is 1.92. The number of rotatable bonds is 2. The first kappa shape index (κ1) is 10.2. The molecule has 15 heavy (non-hydrogen) atoms. The Hall–Kier alpha value is -1.36. The summed E-state index contributed by atoms with van der Waals surface area (Å²) >= 11 is 1.54. The van der Waals surface area contributed by atoms with E-state index in [-0.39, 0.29) is 5.92 Å². The number of thiazole rings is 1. The number of anilines is 1. The summed E-state index contributed by atoms with van der Waals surface area (Å²) < 4.78 is 1.81. The Morgan fingerprint density at radius 1 is 1.53 bits per heavy atom. The molecular weight excluding hydrogens is 208 g/mol. The van der Waals surface area contributed by atoms with Gasteiger partial charge >= 0.3 is 0 Å². The first-order valence-electron chi connectivity index (χ1n) is 4.80. The third-order valence-corrected chi connectivity index (χ3v) is 3.59. The highest BCUT2D eigenvalue weighted by Crippen LogP contribution is 2.31. The molecule has 2 rings (SSSR count). The van der Waals surface area contributed by atoms with Gasteiger partial charge in [-0.2, -0.15) is 5.10 Å². The zero-order valence-electron chi connectivity index (χ0n) is 9.06. The van der Waals surface area contributed by atoms with Gasteiger partial charge in [0.2, 0.25) is 0 Å². The van der Waals surface area contributed by atoms with Crippen LogP contribution in [0.3, 0.4) is 0 Å². The van der Waals surface area contributed by atoms with Crippen LogP contribution in [0.2, 0.25) is 0 Å². The summed E-state index contributed by atoms with van der Waals surface area (Å²) in [6.45, 7) is 4.12. The van der Waals surface area contributed by atoms with Crippen LogP contribution >= 0.6 is 11.3 Å². The summed E-state index contributed by atoms with van der Waals surface area (Å²) in [5.41, 5.74) is 7.75. The largest absolute Gasteiger partial charge is 0.375 e. The van der Waals surface area contributed by atoms with Crippen LogP contribution in [0.5, 0.6) is 0 Å². The highest BCUT2D eigenvalue weighted by atomic mass is 32.1. The normalized spacial score (nSPS) is 13.0. The molecular formula is C10H14N4S. The highest BCUT2D eigenvalue weighted by Gasteiger charge is 2.16. The number of hydrogen-bond donors (Lipinski definition) is 1. The second kappa shape index (κ2) is 3.66. The molecule has 0 radical (unpaired) electrons. The van der Waals surface area contributed by atoms with Crippen LogP contribution in [0.15, 0.2) is 12.3 Å². The van der Waals surface area contributed by atoms with Crippen molar-refractivity contribution in [1.29, 1.82) is 0 Å². The molecule has 80 valence electrons. The Kier molecular flexibility index (Phi) is 2.48. The van der Waals surface area contributed by atoms with Crippen molar-refractivity contribution in [2.75, 3.05) is 5.73 Å². The number of nitrogens with zero attached hydrogens (tertiary/aromatic N) is 3. The summed E-state index contributed by atoms with van der Waals surface area (Å²) in [5.74, 6) is 0.265. The van der Waals surface area contributed by atoms with E-state index >= 15 is 0 Å². The third-order valence-electron chi connectivity index (χ3n) is 2.42. The lowest BCUT2D eigenvalue weighted by atomic mass is 10.1. The van der Waals surface area contributed by atoms with E-state index < -0.39 is 0 Å². The molecule has 5 heteroatoms. The summed E-state index contributed by atoms with van der Waals surface area (Å²) in [4.78, 5) is 5.43. The number of hydrogen-bond acceptors (Lipinski definition) is 4. The van der Waals surface area contributed by atoms with Crippen molar-refractivity contribution in [1.82, 2.24) is 14.8 Å². The SMILES string of the molecule is Cc1nc(N)sc1C(C)c1ccn(C)n1. The summed E-state index contributed by atoms with van der Waals surface area (Å²) in [6, 6.07) is 2.03. The van der Waals surface area contributed by atoms with Gasteiger partial charge in [-0.3, -0.25) is 4.68 Å². The lowest BCUT2D eigenvalue weighted by molar-refractivity contribution is 0.727. The van der Waals surface area contributed by atoms with Gasteiger partial charge in [0.25, 0.3) is 0 Å². The quantitative estimate of drug-likeness (QED) is 0.844. The minimum absolute atomic E-state index is 0.265. The number of aromatic nitrogens is 3. The fraction of sp³-hybridized carbons (Fsp3) is 0.400. The Balaban J connectivity index is 2.35. The lowest BCUT2D eigenvalue weighted by Gasteiger charge is -2.05. The smallest absolute Gasteiger partial charge is 0.180 e. The number of nitrogens with two attached hydrogens (primary N) is 1. The Labute approximate surface area is 92.8 Å². The van der Waals surface area contributed by atoms with Gasteiger partial charge in [0, 0.05) is 24.0 Å². The molecule has 0 saturated carbocycles. The van der Waals surface area contributed by atoms with Gasteiger partial charge in [-0.15, -0.1) is 11.3 Å². The average molecular weight is 222 g/mol. The van der Waals surface area contributed by atoms with E-state index in [4.69, 9.17) is 5.73 Å². The van der Waals surface area contributed by atoms with Gasteiger partial charge in [0.05, 0.1) is 11.4 Å². The van der Waals surface area contributed by atoms with E-state index in [0.717, 1.165) is 11.4 Å². The van der Waals surface area contributed by atoms with Crippen LogP contribution in [0.25, 0.3) is 0 Å². The minimum atomic E-state index is 0.265. The van der Waals surface area contributed by atoms with E-state index in [2.05, 4.69) is 17.0 Å². The van der Waals surface area contributed by atoms with E-state index in [1.165, 1.54) is 4.88 Å². The van der Waals surface area contributed by atoms with E-state index in [1.54, 1.807) is 11.3 Å². The van der Waals surface area contributed by atoms with Crippen LogP contribution in [-0.4, -0.2) is 14.8 Å². The van der Waals surface area contributed by atoms with Crippen molar-refractivity contribution in [3.05, 3.63) is 28.5 Å². The van der Waals surface area contributed by atoms with Crippen LogP contribution in [0, 0.1) is 6.92 Å². The molecule has 0 amide bonds. The average Bonchev–Trinajstić information content (AvgIpc) is 2.71. The zero-order valence-corrected chi connectivity index (χ0v) is 9.88. The van der Waals surface area contributed by atoms with Gasteiger partial charge in [-0.1, -0.05) is 6.92 Å². The van der Waals surface area contributed by atoms with E-state index in [9.17, 15) is 0 Å². The second-order valence-corrected chi connectivity index (χ2v) is 4.70. The van der Waals surface area contributed by atoms with Crippen LogP contribution in [0.1, 0.15) is 29.1 Å². The fourth-order valence-corrected chi connectivity index (χ4v) is 2.53. The minimum Gasteiger partial charge on any atom is -0.375 e. The molecule has 1 atom stereocenters. The second-order valence-electron chi connectivity index (χ2n) is 3.64. The molecule has 0 spiro atoms. The maximum absolute atomic E-state index is 5.68. The first-order valence-corrected chi connectivity index (χ1v) is 5.62. The molecule has 0 aliphatic heterocycles. The molecule has 0 aromatic carbocycles. The van der Waals surface area contributed by atoms with Crippen molar-refractivity contribution in [3.8, 4) is 0 Å². The molecule has 2 heterocycles. The first-order chi connectivity index (χ1) is 7.08. The molecule has 0 saturated heterocycles. The van der Waals surface area contributed by atoms with Crippen molar-refractivity contribution in [2.45, 2.75) is 19.8 Å². The summed E-state index contributed by atoms with van der Waals surface area (Å²) in [6.07, 6.45) is 1.95. The summed E-state index contributed by atoms with van der Waals surface area (Å²) in [7, 11) is 1.92. The monoisotopic (exact) mass is 222 g/mol. The molecule has 4 nitrogen and oxygen atoms in total. The van der Waals surface area contributed by atoms with Crippen molar-refractivity contribution < 1.29 is 0 Å². The maximum atomic E-state index is 5.68. The van der Waals surface area contributed by atoms with Gasteiger partial charge in [0.1, 0.15) is 0 Å². The van der Waals surface area contributed by atoms with Gasteiger partial charge in [-0.25, -0.2) is 4.98 Å². The van der Waals surface area contributed by atoms with Crippen molar-refractivity contribution in [3.63, 3.8) is 0 Å². The highest BCUT2D eigenvalue weighted by molar-refractivity contribution is 7.15. The molecule has 2 aromatic rings. The molecule has 0 fully saturated rings. The molecule has 0 bridgehead atoms. The van der Waals surface area contributed by atoms with Crippen LogP contribution < -0.4 is 5.73 Å². The molecule has 2 N–H and O–H groups in total. The van der Waals surface area contributed by atoms with Crippen molar-refractivity contribution >= 4 is 16.5 Å². The van der Waals surface area contributed by atoms with Crippen LogP contribution in [0.4, 0.5) is 5.13 Å². The van der Waals surface area contributed by atoms with Gasteiger partial charge in [0.15, 0.2) is 5.13 Å². The Bertz CT molecular complexity index is 471. The Morgan fingerprint density at radius 3 is 2.73 bits per heavy atom. The lowest BCUT2D eigenvalue weighted by Crippen LogP contribution is -1.98. The molecule has 0 aliphatic carbocycles. The number of nitrogen functional groups attached to an aromatic ring is 1. The van der Waals surface area contributed by atoms with Crippen molar-refractivity contribution in [2.24, 2.45) is 7.05 Å². The zero-order chi connectivity index (χ0) is 11.0. The molecule has 0 aliphatic rings. The molecule has 1 unspecified atom stereocenters. The fourth-order valence-electron chi connectivity index (χ4n) is 1.63. The Morgan fingerprint density at radius 2 is 2.27 bits per heavy atom. The topological polar surface area (TPSA) is 56.7 Å². The van der Waals surface area contributed by atoms with Gasteiger partial charge < -0.3 is 5.73 Å². The maximum Gasteiger partial charge on any atom is 0.180 e. The standard InChI is InChI=1S/C10H14N4S/c1-6(8-4-5-14(3)13-8)9-7(2)12-10(11)15-9/h4-6H,1-3H3,(H2,11,12). The van der Waals surface area contributed by atoms with E-state index in [1.807, 2.05) is 30.9 Å². The third kappa shape index (κ3) is 1.87. The summed E-state index contributed by atoms with van der Waals surface area (Å²) in [5, 5.41) is 5.02. The predicted molar refractivity (Wildman–Crippen MR) is 62.0 cm³/mol. The number of aryl methyl sites for hydroxylation is 2. The van der Waals surface area contributed by atoms with Crippen LogP contribution in [-0.2, 0) is 7.05 Å². The van der Waals surface area contributed by atoms with E-state index in [0.29, 0.717) is 5.13 Å².